The standard InChI is InChI=1S/C33H22N2O/c1-2-7-23(8-3-1)25-13-16-27(17-14-25)35(28-18-15-24-9-4-5-10-26(24)21-28)31-12-6-11-30-29-19-20-34-22-32(29)36-33(30)31/h1-22H. The molecule has 36 heavy (non-hydrogen) atoms. The number of rotatable bonds is 4. The molecule has 0 fully saturated rings. The molecule has 0 bridgehead atoms. The van der Waals surface area contributed by atoms with E-state index < -0.39 is 0 Å². The van der Waals surface area contributed by atoms with E-state index in [9.17, 15) is 0 Å². The first-order valence-electron chi connectivity index (χ1n) is 12.0. The summed E-state index contributed by atoms with van der Waals surface area (Å²) in [6.45, 7) is 0. The third-order valence-corrected chi connectivity index (χ3v) is 6.75. The molecule has 7 rings (SSSR count). The maximum Gasteiger partial charge on any atom is 0.159 e. The minimum Gasteiger partial charge on any atom is -0.452 e. The summed E-state index contributed by atoms with van der Waals surface area (Å²) < 4.78 is 6.38. The molecule has 3 nitrogen and oxygen atoms in total. The van der Waals surface area contributed by atoms with Crippen molar-refractivity contribution in [3.05, 3.63) is 134 Å². The van der Waals surface area contributed by atoms with E-state index in [1.54, 1.807) is 6.20 Å². The third-order valence-electron chi connectivity index (χ3n) is 6.75. The molecule has 0 aliphatic rings. The molecule has 0 atom stereocenters. The number of hydrogen-bond donors (Lipinski definition) is 0. The monoisotopic (exact) mass is 462 g/mol. The van der Waals surface area contributed by atoms with Crippen molar-refractivity contribution in [3.63, 3.8) is 0 Å². The summed E-state index contributed by atoms with van der Waals surface area (Å²) in [5.74, 6) is 0. The summed E-state index contributed by atoms with van der Waals surface area (Å²) in [4.78, 5) is 6.54. The minimum atomic E-state index is 0.790. The number of aromatic nitrogens is 1. The fourth-order valence-corrected chi connectivity index (χ4v) is 4.99. The molecule has 2 heterocycles. The summed E-state index contributed by atoms with van der Waals surface area (Å²) >= 11 is 0. The van der Waals surface area contributed by atoms with Crippen molar-refractivity contribution >= 4 is 49.8 Å². The summed E-state index contributed by atoms with van der Waals surface area (Å²) in [6, 6.07) is 42.6. The van der Waals surface area contributed by atoms with Gasteiger partial charge in [-0.3, -0.25) is 4.98 Å². The van der Waals surface area contributed by atoms with Crippen LogP contribution in [0.4, 0.5) is 17.1 Å². The Hall–Kier alpha value is -4.89. The summed E-state index contributed by atoms with van der Waals surface area (Å²) in [5, 5.41) is 4.56. The molecule has 0 aliphatic heterocycles. The van der Waals surface area contributed by atoms with Crippen molar-refractivity contribution in [2.75, 3.05) is 4.90 Å². The van der Waals surface area contributed by atoms with E-state index in [0.29, 0.717) is 0 Å². The molecule has 5 aromatic carbocycles. The van der Waals surface area contributed by atoms with Gasteiger partial charge in [0, 0.05) is 28.3 Å². The van der Waals surface area contributed by atoms with Gasteiger partial charge in [0.25, 0.3) is 0 Å². The van der Waals surface area contributed by atoms with Gasteiger partial charge in [-0.25, -0.2) is 0 Å². The highest BCUT2D eigenvalue weighted by atomic mass is 16.3. The van der Waals surface area contributed by atoms with Gasteiger partial charge in [-0.05, 0) is 58.3 Å². The minimum absolute atomic E-state index is 0.790. The molecular weight excluding hydrogens is 440 g/mol. The van der Waals surface area contributed by atoms with E-state index in [2.05, 4.69) is 119 Å². The van der Waals surface area contributed by atoms with Crippen molar-refractivity contribution in [3.8, 4) is 11.1 Å². The van der Waals surface area contributed by atoms with Crippen molar-refractivity contribution in [2.24, 2.45) is 0 Å². The summed E-state index contributed by atoms with van der Waals surface area (Å²) in [7, 11) is 0. The van der Waals surface area contributed by atoms with Crippen LogP contribution in [0.25, 0.3) is 43.8 Å². The number of para-hydroxylation sites is 1. The average molecular weight is 463 g/mol. The van der Waals surface area contributed by atoms with E-state index in [1.165, 1.54) is 21.9 Å². The van der Waals surface area contributed by atoms with E-state index in [4.69, 9.17) is 4.42 Å². The molecule has 7 aromatic rings. The van der Waals surface area contributed by atoms with Crippen LogP contribution in [0.5, 0.6) is 0 Å². The van der Waals surface area contributed by atoms with Gasteiger partial charge in [-0.1, -0.05) is 84.9 Å². The fourth-order valence-electron chi connectivity index (χ4n) is 4.99. The number of pyridine rings is 1. The number of anilines is 3. The van der Waals surface area contributed by atoms with Crippen LogP contribution in [0, 0.1) is 0 Å². The zero-order valence-corrected chi connectivity index (χ0v) is 19.5. The van der Waals surface area contributed by atoms with Crippen LogP contribution in [-0.2, 0) is 0 Å². The predicted molar refractivity (Wildman–Crippen MR) is 149 cm³/mol. The lowest BCUT2D eigenvalue weighted by atomic mass is 10.0. The highest BCUT2D eigenvalue weighted by Crippen LogP contribution is 2.42. The fraction of sp³-hybridized carbons (Fsp3) is 0. The van der Waals surface area contributed by atoms with Crippen LogP contribution >= 0.6 is 0 Å². The van der Waals surface area contributed by atoms with Crippen LogP contribution in [0.15, 0.2) is 138 Å². The van der Waals surface area contributed by atoms with Gasteiger partial charge < -0.3 is 9.32 Å². The molecular formula is C33H22N2O. The van der Waals surface area contributed by atoms with Gasteiger partial charge in [0.1, 0.15) is 0 Å². The first-order valence-corrected chi connectivity index (χ1v) is 12.0. The molecule has 0 spiro atoms. The molecule has 0 saturated heterocycles. The molecule has 0 amide bonds. The molecule has 0 unspecified atom stereocenters. The lowest BCUT2D eigenvalue weighted by molar-refractivity contribution is 0.667. The molecule has 2 aromatic heterocycles. The van der Waals surface area contributed by atoms with Gasteiger partial charge in [-0.2, -0.15) is 0 Å². The van der Waals surface area contributed by atoms with Gasteiger partial charge in [-0.15, -0.1) is 0 Å². The van der Waals surface area contributed by atoms with Crippen molar-refractivity contribution in [1.82, 2.24) is 4.98 Å². The van der Waals surface area contributed by atoms with Crippen LogP contribution in [0.3, 0.4) is 0 Å². The zero-order chi connectivity index (χ0) is 23.9. The predicted octanol–water partition coefficient (Wildman–Crippen LogP) is 9.27. The smallest absolute Gasteiger partial charge is 0.159 e. The van der Waals surface area contributed by atoms with E-state index in [0.717, 1.165) is 39.0 Å². The van der Waals surface area contributed by atoms with Crippen LogP contribution < -0.4 is 4.90 Å². The molecule has 170 valence electrons. The average Bonchev–Trinajstić information content (AvgIpc) is 3.34. The Labute approximate surface area is 208 Å². The third kappa shape index (κ3) is 3.41. The second kappa shape index (κ2) is 8.40. The molecule has 0 radical (unpaired) electrons. The van der Waals surface area contributed by atoms with E-state index in [1.807, 2.05) is 18.3 Å². The van der Waals surface area contributed by atoms with E-state index >= 15 is 0 Å². The van der Waals surface area contributed by atoms with Crippen molar-refractivity contribution < 1.29 is 4.42 Å². The first-order chi connectivity index (χ1) is 17.8. The number of hydrogen-bond acceptors (Lipinski definition) is 3. The molecule has 3 heteroatoms. The topological polar surface area (TPSA) is 29.3 Å². The molecule has 0 aliphatic carbocycles. The molecule has 0 N–H and O–H groups in total. The Morgan fingerprint density at radius 2 is 1.31 bits per heavy atom. The van der Waals surface area contributed by atoms with Gasteiger partial charge >= 0.3 is 0 Å². The second-order valence-electron chi connectivity index (χ2n) is 8.91. The highest BCUT2D eigenvalue weighted by molar-refractivity contribution is 6.10. The van der Waals surface area contributed by atoms with Gasteiger partial charge in [0.2, 0.25) is 0 Å². The van der Waals surface area contributed by atoms with Gasteiger partial charge in [0.15, 0.2) is 11.2 Å². The Morgan fingerprint density at radius 3 is 2.17 bits per heavy atom. The Bertz CT molecular complexity index is 1840. The second-order valence-corrected chi connectivity index (χ2v) is 8.91. The zero-order valence-electron chi connectivity index (χ0n) is 19.5. The number of fused-ring (bicyclic) bond motifs is 4. The Balaban J connectivity index is 1.45. The van der Waals surface area contributed by atoms with Crippen LogP contribution in [-0.4, -0.2) is 4.98 Å². The van der Waals surface area contributed by atoms with Crippen LogP contribution in [0.2, 0.25) is 0 Å². The normalized spacial score (nSPS) is 11.3. The number of nitrogens with zero attached hydrogens (tertiary/aromatic N) is 2. The lowest BCUT2D eigenvalue weighted by Crippen LogP contribution is -2.10. The first kappa shape index (κ1) is 20.5. The SMILES string of the molecule is c1ccc(-c2ccc(N(c3ccc4ccccc4c3)c3cccc4c3oc3cnccc34)cc2)cc1. The highest BCUT2D eigenvalue weighted by Gasteiger charge is 2.19. The Kier molecular flexibility index (Phi) is 4.78. The summed E-state index contributed by atoms with van der Waals surface area (Å²) in [6.07, 6.45) is 3.60. The quantitative estimate of drug-likeness (QED) is 0.261. The van der Waals surface area contributed by atoms with Gasteiger partial charge in [0.05, 0.1) is 11.9 Å². The largest absolute Gasteiger partial charge is 0.452 e. The maximum atomic E-state index is 6.38. The Morgan fingerprint density at radius 1 is 0.556 bits per heavy atom. The lowest BCUT2D eigenvalue weighted by Gasteiger charge is -2.26. The van der Waals surface area contributed by atoms with Crippen LogP contribution in [0.1, 0.15) is 0 Å². The molecule has 0 saturated carbocycles. The van der Waals surface area contributed by atoms with Crippen molar-refractivity contribution in [2.45, 2.75) is 0 Å². The number of benzene rings is 5. The summed E-state index contributed by atoms with van der Waals surface area (Å²) in [5.41, 5.74) is 7.16. The van der Waals surface area contributed by atoms with E-state index in [-0.39, 0.29) is 0 Å². The maximum absolute atomic E-state index is 6.38. The van der Waals surface area contributed by atoms with Crippen molar-refractivity contribution in [1.29, 1.82) is 0 Å². The number of furan rings is 1.